The summed E-state index contributed by atoms with van der Waals surface area (Å²) >= 11 is 0. The zero-order chi connectivity index (χ0) is 19.4. The monoisotopic (exact) mass is 355 g/mol. The lowest BCUT2D eigenvalue weighted by molar-refractivity contribution is -0.124. The summed E-state index contributed by atoms with van der Waals surface area (Å²) in [6, 6.07) is 24.1. The Bertz CT molecular complexity index is 1020. The third kappa shape index (κ3) is 3.68. The quantitative estimate of drug-likeness (QED) is 0.513. The van der Waals surface area contributed by atoms with E-state index >= 15 is 0 Å². The van der Waals surface area contributed by atoms with Crippen molar-refractivity contribution < 1.29 is 4.79 Å². The molecule has 0 aliphatic rings. The van der Waals surface area contributed by atoms with Crippen LogP contribution in [0.5, 0.6) is 0 Å². The second-order valence-corrected chi connectivity index (χ2v) is 6.50. The number of aryl methyl sites for hydroxylation is 1. The minimum Gasteiger partial charge on any atom is -0.344 e. The van der Waals surface area contributed by atoms with Gasteiger partial charge in [0, 0.05) is 31.0 Å². The van der Waals surface area contributed by atoms with Crippen LogP contribution in [0.1, 0.15) is 11.3 Å². The second-order valence-electron chi connectivity index (χ2n) is 6.50. The van der Waals surface area contributed by atoms with Gasteiger partial charge in [0.15, 0.2) is 0 Å². The molecule has 3 aromatic rings. The molecule has 134 valence electrons. The van der Waals surface area contributed by atoms with Crippen LogP contribution in [0.3, 0.4) is 0 Å². The van der Waals surface area contributed by atoms with Gasteiger partial charge in [-0.25, -0.2) is 0 Å². The smallest absolute Gasteiger partial charge is 0.264 e. The predicted molar refractivity (Wildman–Crippen MR) is 108 cm³/mol. The summed E-state index contributed by atoms with van der Waals surface area (Å²) in [5.74, 6) is -0.304. The maximum atomic E-state index is 12.3. The molecule has 1 heterocycles. The summed E-state index contributed by atoms with van der Waals surface area (Å²) in [6.45, 7) is 2.02. The van der Waals surface area contributed by atoms with Crippen molar-refractivity contribution in [1.82, 2.24) is 9.47 Å². The normalized spacial score (nSPS) is 11.1. The van der Waals surface area contributed by atoms with Gasteiger partial charge in [-0.15, -0.1) is 0 Å². The molecule has 2 aromatic carbocycles. The number of hydrogen-bond acceptors (Lipinski definition) is 2. The Kier molecular flexibility index (Phi) is 5.23. The largest absolute Gasteiger partial charge is 0.344 e. The van der Waals surface area contributed by atoms with Crippen molar-refractivity contribution in [2.75, 3.05) is 14.1 Å². The van der Waals surface area contributed by atoms with E-state index in [9.17, 15) is 10.1 Å². The van der Waals surface area contributed by atoms with Crippen molar-refractivity contribution in [3.8, 4) is 23.0 Å². The molecule has 0 N–H and O–H groups in total. The highest BCUT2D eigenvalue weighted by Crippen LogP contribution is 2.32. The standard InChI is InChI=1S/C23H21N3O/c1-17-14-19(15-20(16-24)23(27)25(2)3)22(18-10-6-4-7-11-18)26(17)21-12-8-5-9-13-21/h4-15H,1-3H3/b20-15-. The fourth-order valence-electron chi connectivity index (χ4n) is 3.11. The first-order valence-corrected chi connectivity index (χ1v) is 8.69. The number of aromatic nitrogens is 1. The Morgan fingerprint density at radius 3 is 2.19 bits per heavy atom. The Balaban J connectivity index is 2.27. The molecule has 0 bridgehead atoms. The van der Waals surface area contributed by atoms with E-state index in [2.05, 4.69) is 4.57 Å². The Morgan fingerprint density at radius 1 is 1.04 bits per heavy atom. The van der Waals surface area contributed by atoms with Gasteiger partial charge in [-0.2, -0.15) is 5.26 Å². The van der Waals surface area contributed by atoms with E-state index in [0.29, 0.717) is 0 Å². The number of nitrogens with zero attached hydrogens (tertiary/aromatic N) is 3. The van der Waals surface area contributed by atoms with Crippen LogP contribution < -0.4 is 0 Å². The van der Waals surface area contributed by atoms with Gasteiger partial charge in [-0.3, -0.25) is 4.79 Å². The topological polar surface area (TPSA) is 49.0 Å². The highest BCUT2D eigenvalue weighted by atomic mass is 16.2. The zero-order valence-electron chi connectivity index (χ0n) is 15.7. The van der Waals surface area contributed by atoms with Crippen LogP contribution in [-0.2, 0) is 4.79 Å². The molecule has 0 saturated heterocycles. The van der Waals surface area contributed by atoms with E-state index < -0.39 is 0 Å². The molecule has 27 heavy (non-hydrogen) atoms. The Labute approximate surface area is 159 Å². The van der Waals surface area contributed by atoms with Crippen molar-refractivity contribution in [2.45, 2.75) is 6.92 Å². The highest BCUT2D eigenvalue weighted by molar-refractivity contribution is 6.02. The first-order chi connectivity index (χ1) is 13.0. The van der Waals surface area contributed by atoms with E-state index in [1.807, 2.05) is 79.7 Å². The summed E-state index contributed by atoms with van der Waals surface area (Å²) in [5, 5.41) is 9.49. The summed E-state index contributed by atoms with van der Waals surface area (Å²) < 4.78 is 2.15. The first-order valence-electron chi connectivity index (χ1n) is 8.69. The van der Waals surface area contributed by atoms with Crippen LogP contribution in [0.15, 0.2) is 72.3 Å². The fraction of sp³-hybridized carbons (Fsp3) is 0.130. The molecular weight excluding hydrogens is 334 g/mol. The number of hydrogen-bond donors (Lipinski definition) is 0. The highest BCUT2D eigenvalue weighted by Gasteiger charge is 2.18. The van der Waals surface area contributed by atoms with Crippen molar-refractivity contribution in [3.63, 3.8) is 0 Å². The van der Waals surface area contributed by atoms with Gasteiger partial charge in [0.05, 0.1) is 5.69 Å². The van der Waals surface area contributed by atoms with Gasteiger partial charge >= 0.3 is 0 Å². The Morgan fingerprint density at radius 2 is 1.63 bits per heavy atom. The average Bonchev–Trinajstić information content (AvgIpc) is 3.02. The molecule has 1 amide bonds. The molecular formula is C23H21N3O. The van der Waals surface area contributed by atoms with E-state index in [4.69, 9.17) is 0 Å². The SMILES string of the molecule is Cc1cc(/C=C(/C#N)C(=O)N(C)C)c(-c2ccccc2)n1-c1ccccc1. The molecule has 0 fully saturated rings. The number of likely N-dealkylation sites (N-methyl/N-ethyl adjacent to an activating group) is 1. The number of benzene rings is 2. The van der Waals surface area contributed by atoms with Gasteiger partial charge in [0.1, 0.15) is 11.6 Å². The lowest BCUT2D eigenvalue weighted by Gasteiger charge is -2.13. The summed E-state index contributed by atoms with van der Waals surface area (Å²) in [4.78, 5) is 13.7. The average molecular weight is 355 g/mol. The van der Waals surface area contributed by atoms with E-state index in [1.54, 1.807) is 20.2 Å². The summed E-state index contributed by atoms with van der Waals surface area (Å²) in [6.07, 6.45) is 1.68. The molecule has 0 atom stereocenters. The fourth-order valence-corrected chi connectivity index (χ4v) is 3.11. The van der Waals surface area contributed by atoms with Crippen molar-refractivity contribution in [1.29, 1.82) is 5.26 Å². The van der Waals surface area contributed by atoms with Crippen LogP contribution in [0.25, 0.3) is 23.0 Å². The number of para-hydroxylation sites is 1. The number of rotatable bonds is 4. The molecule has 3 rings (SSSR count). The van der Waals surface area contributed by atoms with Crippen LogP contribution >= 0.6 is 0 Å². The van der Waals surface area contributed by atoms with Gasteiger partial charge < -0.3 is 9.47 Å². The minimum atomic E-state index is -0.304. The van der Waals surface area contributed by atoms with Gasteiger partial charge in [-0.05, 0) is 36.8 Å². The molecule has 0 aliphatic heterocycles. The number of carbonyl (C=O) groups excluding carboxylic acids is 1. The molecule has 0 radical (unpaired) electrons. The predicted octanol–water partition coefficient (Wildman–Crippen LogP) is 4.45. The molecule has 4 nitrogen and oxygen atoms in total. The number of carbonyl (C=O) groups is 1. The van der Waals surface area contributed by atoms with Gasteiger partial charge in [-0.1, -0.05) is 48.5 Å². The number of amides is 1. The minimum absolute atomic E-state index is 0.113. The summed E-state index contributed by atoms with van der Waals surface area (Å²) in [7, 11) is 3.29. The Hall–Kier alpha value is -3.58. The van der Waals surface area contributed by atoms with Crippen LogP contribution in [0.4, 0.5) is 0 Å². The molecule has 4 heteroatoms. The molecule has 0 saturated carbocycles. The second kappa shape index (κ2) is 7.76. The van der Waals surface area contributed by atoms with Crippen LogP contribution in [0.2, 0.25) is 0 Å². The van der Waals surface area contributed by atoms with Gasteiger partial charge in [0.25, 0.3) is 5.91 Å². The maximum Gasteiger partial charge on any atom is 0.264 e. The van der Waals surface area contributed by atoms with Crippen LogP contribution in [-0.4, -0.2) is 29.5 Å². The van der Waals surface area contributed by atoms with E-state index in [1.165, 1.54) is 4.90 Å². The zero-order valence-corrected chi connectivity index (χ0v) is 15.7. The molecule has 1 aromatic heterocycles. The third-order valence-corrected chi connectivity index (χ3v) is 4.33. The van der Waals surface area contributed by atoms with E-state index in [0.717, 1.165) is 28.2 Å². The van der Waals surface area contributed by atoms with Gasteiger partial charge in [0.2, 0.25) is 0 Å². The van der Waals surface area contributed by atoms with E-state index in [-0.39, 0.29) is 11.5 Å². The maximum absolute atomic E-state index is 12.3. The van der Waals surface area contributed by atoms with Crippen molar-refractivity contribution in [3.05, 3.63) is 83.6 Å². The molecule has 0 unspecified atom stereocenters. The lowest BCUT2D eigenvalue weighted by Crippen LogP contribution is -2.22. The number of nitriles is 1. The van der Waals surface area contributed by atoms with Crippen LogP contribution in [0, 0.1) is 18.3 Å². The molecule has 0 spiro atoms. The summed E-state index contributed by atoms with van der Waals surface area (Å²) in [5.41, 5.74) is 5.00. The van der Waals surface area contributed by atoms with Crippen molar-refractivity contribution >= 4 is 12.0 Å². The lowest BCUT2D eigenvalue weighted by atomic mass is 10.0. The molecule has 0 aliphatic carbocycles. The van der Waals surface area contributed by atoms with Crippen molar-refractivity contribution in [2.24, 2.45) is 0 Å². The first kappa shape index (κ1) is 18.2. The third-order valence-electron chi connectivity index (χ3n) is 4.33.